The van der Waals surface area contributed by atoms with Crippen LogP contribution in [0.25, 0.3) is 0 Å². The molecule has 4 nitrogen and oxygen atoms in total. The molecule has 0 aromatic heterocycles. The first-order valence-corrected chi connectivity index (χ1v) is 6.91. The van der Waals surface area contributed by atoms with Gasteiger partial charge < -0.3 is 9.64 Å². The van der Waals surface area contributed by atoms with E-state index in [9.17, 15) is 4.79 Å². The van der Waals surface area contributed by atoms with Crippen LogP contribution < -0.4 is 0 Å². The largest absolute Gasteiger partial charge is 0.383 e. The lowest BCUT2D eigenvalue weighted by Gasteiger charge is -2.31. The predicted molar refractivity (Wildman–Crippen MR) is 79.3 cm³/mol. The average Bonchev–Trinajstić information content (AvgIpc) is 2.46. The quantitative estimate of drug-likeness (QED) is 0.762. The van der Waals surface area contributed by atoms with Gasteiger partial charge >= 0.3 is 0 Å². The number of benzene rings is 1. The molecule has 0 aliphatic carbocycles. The lowest BCUT2D eigenvalue weighted by molar-refractivity contribution is -0.131. The van der Waals surface area contributed by atoms with Crippen molar-refractivity contribution >= 4 is 5.78 Å². The van der Waals surface area contributed by atoms with Crippen molar-refractivity contribution in [3.05, 3.63) is 48.2 Å². The monoisotopic (exact) mass is 274 g/mol. The molecule has 2 rings (SSSR count). The second-order valence-electron chi connectivity index (χ2n) is 5.26. The zero-order valence-electron chi connectivity index (χ0n) is 12.2. The van der Waals surface area contributed by atoms with E-state index in [1.807, 2.05) is 37.2 Å². The first-order valence-electron chi connectivity index (χ1n) is 6.91. The van der Waals surface area contributed by atoms with Gasteiger partial charge in [0.15, 0.2) is 5.78 Å². The van der Waals surface area contributed by atoms with Gasteiger partial charge in [-0.3, -0.25) is 9.69 Å². The number of rotatable bonds is 5. The number of hydrogen-bond donors (Lipinski definition) is 0. The fraction of sp³-hybridized carbons (Fsp3) is 0.438. The molecule has 1 aliphatic rings. The van der Waals surface area contributed by atoms with E-state index in [2.05, 4.69) is 17.0 Å². The van der Waals surface area contributed by atoms with Crippen molar-refractivity contribution in [2.45, 2.75) is 12.6 Å². The molecule has 0 saturated carbocycles. The molecule has 0 amide bonds. The third kappa shape index (κ3) is 4.47. The standard InChI is InChI=1S/C16H22N2O2/c1-17(2)9-8-15(19)16-13-18(10-11-20-16)12-14-6-4-3-5-7-14/h3-9,16H,10-13H2,1-2H3/b9-8-/t16-/m1/s1. The van der Waals surface area contributed by atoms with Crippen LogP contribution in [-0.2, 0) is 16.1 Å². The van der Waals surface area contributed by atoms with Crippen molar-refractivity contribution in [1.29, 1.82) is 0 Å². The Kier molecular flexibility index (Phi) is 5.32. The SMILES string of the molecule is CN(C)/C=C\C(=O)[C@H]1CN(Cc2ccccc2)CCO1. The molecule has 0 N–H and O–H groups in total. The molecule has 20 heavy (non-hydrogen) atoms. The number of morpholine rings is 1. The third-order valence-electron chi connectivity index (χ3n) is 3.25. The number of carbonyl (C=O) groups excluding carboxylic acids is 1. The molecule has 0 radical (unpaired) electrons. The van der Waals surface area contributed by atoms with Gasteiger partial charge in [-0.2, -0.15) is 0 Å². The summed E-state index contributed by atoms with van der Waals surface area (Å²) in [5, 5.41) is 0. The van der Waals surface area contributed by atoms with Gasteiger partial charge in [0.1, 0.15) is 6.10 Å². The molecular formula is C16H22N2O2. The zero-order chi connectivity index (χ0) is 14.4. The third-order valence-corrected chi connectivity index (χ3v) is 3.25. The smallest absolute Gasteiger partial charge is 0.187 e. The van der Waals surface area contributed by atoms with Crippen LogP contribution in [0.3, 0.4) is 0 Å². The summed E-state index contributed by atoms with van der Waals surface area (Å²) in [6, 6.07) is 10.3. The summed E-state index contributed by atoms with van der Waals surface area (Å²) in [6.45, 7) is 3.01. The molecule has 1 saturated heterocycles. The lowest BCUT2D eigenvalue weighted by Crippen LogP contribution is -2.45. The van der Waals surface area contributed by atoms with Crippen molar-refractivity contribution in [1.82, 2.24) is 9.80 Å². The summed E-state index contributed by atoms with van der Waals surface area (Å²) < 4.78 is 5.58. The predicted octanol–water partition coefficient (Wildman–Crippen LogP) is 1.53. The second kappa shape index (κ2) is 7.22. The Hall–Kier alpha value is -1.65. The highest BCUT2D eigenvalue weighted by Crippen LogP contribution is 2.11. The van der Waals surface area contributed by atoms with Gasteiger partial charge in [0, 0.05) is 39.9 Å². The minimum atomic E-state index is -0.344. The van der Waals surface area contributed by atoms with Gasteiger partial charge in [-0.05, 0) is 11.6 Å². The molecular weight excluding hydrogens is 252 g/mol. The first kappa shape index (κ1) is 14.8. The molecule has 108 valence electrons. The van der Waals surface area contributed by atoms with Crippen LogP contribution in [0.15, 0.2) is 42.6 Å². The highest BCUT2D eigenvalue weighted by molar-refractivity contribution is 5.93. The van der Waals surface area contributed by atoms with Crippen LogP contribution in [0.1, 0.15) is 5.56 Å². The van der Waals surface area contributed by atoms with Crippen molar-refractivity contribution in [3.8, 4) is 0 Å². The Morgan fingerprint density at radius 1 is 1.40 bits per heavy atom. The Morgan fingerprint density at radius 3 is 2.85 bits per heavy atom. The summed E-state index contributed by atoms with van der Waals surface area (Å²) >= 11 is 0. The molecule has 0 spiro atoms. The highest BCUT2D eigenvalue weighted by atomic mass is 16.5. The summed E-state index contributed by atoms with van der Waals surface area (Å²) in [6.07, 6.45) is 3.02. The fourth-order valence-electron chi connectivity index (χ4n) is 2.19. The van der Waals surface area contributed by atoms with Crippen molar-refractivity contribution in [2.24, 2.45) is 0 Å². The molecule has 0 unspecified atom stereocenters. The first-order chi connectivity index (χ1) is 9.65. The molecule has 1 aliphatic heterocycles. The number of carbonyl (C=O) groups is 1. The van der Waals surface area contributed by atoms with E-state index in [0.29, 0.717) is 13.2 Å². The minimum Gasteiger partial charge on any atom is -0.383 e. The van der Waals surface area contributed by atoms with E-state index in [0.717, 1.165) is 13.1 Å². The van der Waals surface area contributed by atoms with Gasteiger partial charge in [0.2, 0.25) is 0 Å². The Labute approximate surface area is 120 Å². The Morgan fingerprint density at radius 2 is 2.15 bits per heavy atom. The van der Waals surface area contributed by atoms with Crippen molar-refractivity contribution < 1.29 is 9.53 Å². The number of ketones is 1. The van der Waals surface area contributed by atoms with E-state index in [1.54, 1.807) is 12.3 Å². The summed E-state index contributed by atoms with van der Waals surface area (Å²) in [5.74, 6) is 0.0384. The molecule has 0 bridgehead atoms. The molecule has 1 fully saturated rings. The average molecular weight is 274 g/mol. The van der Waals surface area contributed by atoms with E-state index in [1.165, 1.54) is 5.56 Å². The molecule has 1 heterocycles. The van der Waals surface area contributed by atoms with E-state index in [4.69, 9.17) is 4.74 Å². The Balaban J connectivity index is 1.90. The van der Waals surface area contributed by atoms with E-state index < -0.39 is 0 Å². The van der Waals surface area contributed by atoms with Gasteiger partial charge in [-0.1, -0.05) is 30.3 Å². The fourth-order valence-corrected chi connectivity index (χ4v) is 2.19. The van der Waals surface area contributed by atoms with E-state index in [-0.39, 0.29) is 11.9 Å². The van der Waals surface area contributed by atoms with Gasteiger partial charge in [0.05, 0.1) is 6.61 Å². The number of hydrogen-bond acceptors (Lipinski definition) is 4. The maximum atomic E-state index is 12.0. The molecule has 1 atom stereocenters. The normalized spacial score (nSPS) is 20.2. The van der Waals surface area contributed by atoms with Gasteiger partial charge in [-0.15, -0.1) is 0 Å². The van der Waals surface area contributed by atoms with Crippen LogP contribution in [-0.4, -0.2) is 55.5 Å². The molecule has 1 aromatic rings. The highest BCUT2D eigenvalue weighted by Gasteiger charge is 2.24. The molecule has 4 heteroatoms. The van der Waals surface area contributed by atoms with Crippen LogP contribution in [0.2, 0.25) is 0 Å². The van der Waals surface area contributed by atoms with Crippen molar-refractivity contribution in [3.63, 3.8) is 0 Å². The zero-order valence-corrected chi connectivity index (χ0v) is 12.2. The van der Waals surface area contributed by atoms with Gasteiger partial charge in [0.25, 0.3) is 0 Å². The minimum absolute atomic E-state index is 0.0384. The Bertz CT molecular complexity index is 457. The summed E-state index contributed by atoms with van der Waals surface area (Å²) in [4.78, 5) is 16.2. The van der Waals surface area contributed by atoms with Crippen LogP contribution in [0.4, 0.5) is 0 Å². The molecule has 1 aromatic carbocycles. The number of ether oxygens (including phenoxy) is 1. The van der Waals surface area contributed by atoms with E-state index >= 15 is 0 Å². The topological polar surface area (TPSA) is 32.8 Å². The van der Waals surface area contributed by atoms with Crippen LogP contribution >= 0.6 is 0 Å². The maximum Gasteiger partial charge on any atom is 0.187 e. The van der Waals surface area contributed by atoms with Crippen LogP contribution in [0, 0.1) is 0 Å². The summed E-state index contributed by atoms with van der Waals surface area (Å²) in [5.41, 5.74) is 1.27. The van der Waals surface area contributed by atoms with Gasteiger partial charge in [-0.25, -0.2) is 0 Å². The maximum absolute atomic E-state index is 12.0. The number of nitrogens with zero attached hydrogens (tertiary/aromatic N) is 2. The van der Waals surface area contributed by atoms with Crippen molar-refractivity contribution in [2.75, 3.05) is 33.8 Å². The lowest BCUT2D eigenvalue weighted by atomic mass is 10.1. The summed E-state index contributed by atoms with van der Waals surface area (Å²) in [7, 11) is 3.79. The second-order valence-corrected chi connectivity index (χ2v) is 5.26. The van der Waals surface area contributed by atoms with Crippen LogP contribution in [0.5, 0.6) is 0 Å².